The number of nitrogens with one attached hydrogen (secondary N) is 1. The Kier molecular flexibility index (Phi) is 4.77. The average molecular weight is 340 g/mol. The molecule has 2 heterocycles. The maximum atomic E-state index is 10.8. The summed E-state index contributed by atoms with van der Waals surface area (Å²) in [6.07, 6.45) is 3.85. The fourth-order valence-electron chi connectivity index (χ4n) is 3.19. The van der Waals surface area contributed by atoms with Gasteiger partial charge >= 0.3 is 0 Å². The molecule has 1 saturated heterocycles. The molecule has 0 spiro atoms. The molecule has 1 aliphatic rings. The van der Waals surface area contributed by atoms with Gasteiger partial charge in [-0.25, -0.2) is 13.4 Å². The highest BCUT2D eigenvalue weighted by atomic mass is 32.2. The average Bonchev–Trinajstić information content (AvgIpc) is 2.90. The first-order chi connectivity index (χ1) is 10.5. The molecular formula is C15H20N2O3S2. The van der Waals surface area contributed by atoms with Crippen LogP contribution in [-0.2, 0) is 10.1 Å². The number of hydrogen-bond donors (Lipinski definition) is 1. The number of aromatic nitrogens is 1. The minimum absolute atomic E-state index is 0.261. The van der Waals surface area contributed by atoms with Crippen molar-refractivity contribution >= 4 is 31.7 Å². The van der Waals surface area contributed by atoms with E-state index in [1.165, 1.54) is 16.0 Å². The van der Waals surface area contributed by atoms with E-state index in [9.17, 15) is 13.0 Å². The van der Waals surface area contributed by atoms with Crippen molar-refractivity contribution in [2.75, 3.05) is 18.8 Å². The molecule has 1 fully saturated rings. The number of nitrogens with zero attached hydrogens (tertiary/aromatic N) is 1. The largest absolute Gasteiger partial charge is 0.748 e. The third-order valence-electron chi connectivity index (χ3n) is 4.23. The Balaban J connectivity index is 1.74. The Labute approximate surface area is 134 Å². The number of thiazole rings is 1. The SMILES string of the molecule is O=S(=O)([O-])CCC[NH+]1CCCC[C@H]1c1nc2ccccc2s1. The molecule has 0 amide bonds. The molecule has 7 heteroatoms. The van der Waals surface area contributed by atoms with Crippen LogP contribution in [0, 0.1) is 0 Å². The number of hydrogen-bond acceptors (Lipinski definition) is 5. The maximum Gasteiger partial charge on any atom is 0.151 e. The highest BCUT2D eigenvalue weighted by Gasteiger charge is 2.30. The Morgan fingerprint density at radius 3 is 2.91 bits per heavy atom. The van der Waals surface area contributed by atoms with Gasteiger partial charge in [-0.15, -0.1) is 11.3 Å². The van der Waals surface area contributed by atoms with E-state index in [-0.39, 0.29) is 5.75 Å². The molecule has 0 radical (unpaired) electrons. The number of quaternary nitrogens is 1. The Morgan fingerprint density at radius 1 is 1.32 bits per heavy atom. The second-order valence-electron chi connectivity index (χ2n) is 5.84. The summed E-state index contributed by atoms with van der Waals surface area (Å²) in [5.74, 6) is -0.261. The van der Waals surface area contributed by atoms with Gasteiger partial charge in [0.15, 0.2) is 5.01 Å². The van der Waals surface area contributed by atoms with Gasteiger partial charge in [0.05, 0.1) is 33.4 Å². The molecular weight excluding hydrogens is 320 g/mol. The van der Waals surface area contributed by atoms with Crippen LogP contribution in [0.15, 0.2) is 24.3 Å². The van der Waals surface area contributed by atoms with Gasteiger partial charge in [-0.3, -0.25) is 0 Å². The monoisotopic (exact) mass is 340 g/mol. The lowest BCUT2D eigenvalue weighted by atomic mass is 10.0. The molecule has 22 heavy (non-hydrogen) atoms. The van der Waals surface area contributed by atoms with E-state index < -0.39 is 10.1 Å². The van der Waals surface area contributed by atoms with Gasteiger partial charge in [-0.2, -0.15) is 0 Å². The predicted molar refractivity (Wildman–Crippen MR) is 86.1 cm³/mol. The van der Waals surface area contributed by atoms with E-state index in [2.05, 4.69) is 6.07 Å². The molecule has 1 unspecified atom stereocenters. The van der Waals surface area contributed by atoms with Crippen LogP contribution in [-0.4, -0.2) is 36.8 Å². The standard InChI is InChI=1S/C15H20N2O3S2/c18-22(19,20)11-5-10-17-9-4-3-7-13(17)15-16-12-6-1-2-8-14(12)21-15/h1-2,6,8,13H,3-5,7,9-11H2,(H,18,19,20)/t13-/m0/s1. The first kappa shape index (κ1) is 15.9. The summed E-state index contributed by atoms with van der Waals surface area (Å²) >= 11 is 1.73. The van der Waals surface area contributed by atoms with E-state index in [1.54, 1.807) is 11.3 Å². The molecule has 1 aromatic heterocycles. The number of rotatable bonds is 5. The molecule has 0 aliphatic carbocycles. The van der Waals surface area contributed by atoms with Gasteiger partial charge in [0, 0.05) is 18.6 Å². The third-order valence-corrected chi connectivity index (χ3v) is 6.17. The maximum absolute atomic E-state index is 10.8. The van der Waals surface area contributed by atoms with Crippen LogP contribution >= 0.6 is 11.3 Å². The zero-order valence-electron chi connectivity index (χ0n) is 12.3. The van der Waals surface area contributed by atoms with Gasteiger partial charge in [0.1, 0.15) is 6.04 Å². The van der Waals surface area contributed by atoms with Gasteiger partial charge in [-0.05, 0) is 25.0 Å². The first-order valence-corrected chi connectivity index (χ1v) is 10.1. The molecule has 0 saturated carbocycles. The normalized spacial score (nSPS) is 23.0. The van der Waals surface area contributed by atoms with Crippen molar-refractivity contribution in [2.45, 2.75) is 31.7 Å². The number of para-hydroxylation sites is 1. The van der Waals surface area contributed by atoms with E-state index >= 15 is 0 Å². The van der Waals surface area contributed by atoms with E-state index in [4.69, 9.17) is 4.98 Å². The Bertz CT molecular complexity index is 709. The molecule has 5 nitrogen and oxygen atoms in total. The molecule has 1 aliphatic heterocycles. The van der Waals surface area contributed by atoms with E-state index in [1.807, 2.05) is 18.2 Å². The summed E-state index contributed by atoms with van der Waals surface area (Å²) in [5, 5.41) is 1.14. The lowest BCUT2D eigenvalue weighted by Crippen LogP contribution is -3.13. The smallest absolute Gasteiger partial charge is 0.151 e. The number of piperidine rings is 1. The first-order valence-electron chi connectivity index (χ1n) is 7.66. The Hall–Kier alpha value is -1.02. The second-order valence-corrected chi connectivity index (χ2v) is 8.43. The fraction of sp³-hybridized carbons (Fsp3) is 0.533. The summed E-state index contributed by atoms with van der Waals surface area (Å²) in [6.45, 7) is 1.75. The van der Waals surface area contributed by atoms with Crippen molar-refractivity contribution in [1.82, 2.24) is 4.98 Å². The highest BCUT2D eigenvalue weighted by Crippen LogP contribution is 2.28. The van der Waals surface area contributed by atoms with Crippen molar-refractivity contribution in [1.29, 1.82) is 0 Å². The van der Waals surface area contributed by atoms with Gasteiger partial charge in [0.2, 0.25) is 0 Å². The highest BCUT2D eigenvalue weighted by molar-refractivity contribution is 7.85. The number of likely N-dealkylation sites (tertiary alicyclic amines) is 1. The van der Waals surface area contributed by atoms with Crippen molar-refractivity contribution in [2.24, 2.45) is 0 Å². The van der Waals surface area contributed by atoms with Crippen molar-refractivity contribution < 1.29 is 17.9 Å². The lowest BCUT2D eigenvalue weighted by Gasteiger charge is -2.31. The van der Waals surface area contributed by atoms with Gasteiger partial charge < -0.3 is 9.45 Å². The molecule has 0 bridgehead atoms. The van der Waals surface area contributed by atoms with Crippen LogP contribution in [0.4, 0.5) is 0 Å². The summed E-state index contributed by atoms with van der Waals surface area (Å²) in [7, 11) is -4.10. The van der Waals surface area contributed by atoms with Crippen LogP contribution in [0.2, 0.25) is 0 Å². The lowest BCUT2D eigenvalue weighted by molar-refractivity contribution is -0.937. The van der Waals surface area contributed by atoms with Crippen LogP contribution in [0.1, 0.15) is 36.7 Å². The van der Waals surface area contributed by atoms with Gasteiger partial charge in [-0.1, -0.05) is 12.1 Å². The summed E-state index contributed by atoms with van der Waals surface area (Å²) < 4.78 is 33.5. The second kappa shape index (κ2) is 6.62. The zero-order chi connectivity index (χ0) is 15.6. The molecule has 1 aromatic carbocycles. The summed E-state index contributed by atoms with van der Waals surface area (Å²) in [6, 6.07) is 8.47. The van der Waals surface area contributed by atoms with Crippen molar-refractivity contribution in [3.05, 3.63) is 29.3 Å². The van der Waals surface area contributed by atoms with Crippen LogP contribution in [0.5, 0.6) is 0 Å². The molecule has 1 N–H and O–H groups in total. The van der Waals surface area contributed by atoms with Crippen molar-refractivity contribution in [3.8, 4) is 0 Å². The van der Waals surface area contributed by atoms with Gasteiger partial charge in [0.25, 0.3) is 0 Å². The summed E-state index contributed by atoms with van der Waals surface area (Å²) in [5.41, 5.74) is 1.04. The topological polar surface area (TPSA) is 74.5 Å². The minimum atomic E-state index is -4.10. The molecule has 2 atom stereocenters. The summed E-state index contributed by atoms with van der Waals surface area (Å²) in [4.78, 5) is 6.13. The number of benzene rings is 1. The third kappa shape index (κ3) is 3.84. The van der Waals surface area contributed by atoms with Crippen LogP contribution in [0.25, 0.3) is 10.2 Å². The zero-order valence-corrected chi connectivity index (χ0v) is 14.0. The molecule has 3 rings (SSSR count). The quantitative estimate of drug-likeness (QED) is 0.834. The van der Waals surface area contributed by atoms with Crippen LogP contribution < -0.4 is 4.90 Å². The van der Waals surface area contributed by atoms with Crippen LogP contribution in [0.3, 0.4) is 0 Å². The number of fused-ring (bicyclic) bond motifs is 1. The van der Waals surface area contributed by atoms with E-state index in [0.29, 0.717) is 12.5 Å². The van der Waals surface area contributed by atoms with Crippen molar-refractivity contribution in [3.63, 3.8) is 0 Å². The molecule has 120 valence electrons. The van der Waals surface area contributed by atoms with E-state index in [0.717, 1.165) is 36.5 Å². The molecule has 2 aromatic rings. The predicted octanol–water partition coefficient (Wildman–Crippen LogP) is 1.34. The minimum Gasteiger partial charge on any atom is -0.748 e. The Morgan fingerprint density at radius 2 is 2.14 bits per heavy atom. The fourth-order valence-corrected chi connectivity index (χ4v) is 4.85.